The number of amides is 1. The number of anilines is 1. The number of benzene rings is 2. The summed E-state index contributed by atoms with van der Waals surface area (Å²) in [5, 5.41) is 11.4. The van der Waals surface area contributed by atoms with Gasteiger partial charge in [-0.1, -0.05) is 23.7 Å². The molecule has 3 rings (SSSR count). The number of nitrogens with two attached hydrogens (primary N) is 1. The molecule has 1 heterocycles. The summed E-state index contributed by atoms with van der Waals surface area (Å²) in [6, 6.07) is 10.6. The number of carbonyl (C=O) groups is 1. The Balaban J connectivity index is 1.98. The summed E-state index contributed by atoms with van der Waals surface area (Å²) < 4.78 is 0. The van der Waals surface area contributed by atoms with Gasteiger partial charge in [-0.15, -0.1) is 0 Å². The van der Waals surface area contributed by atoms with Crippen molar-refractivity contribution in [3.05, 3.63) is 68.7 Å². The summed E-state index contributed by atoms with van der Waals surface area (Å²) in [7, 11) is 0. The average molecular weight is 318 g/mol. The van der Waals surface area contributed by atoms with Crippen molar-refractivity contribution in [3.8, 4) is 0 Å². The number of fused-ring (bicyclic) bond motifs is 1. The van der Waals surface area contributed by atoms with Crippen LogP contribution >= 0.6 is 11.6 Å². The molecule has 0 fully saturated rings. The zero-order valence-electron chi connectivity index (χ0n) is 11.4. The van der Waals surface area contributed by atoms with E-state index in [1.807, 2.05) is 6.07 Å². The van der Waals surface area contributed by atoms with Crippen LogP contribution in [0.3, 0.4) is 0 Å². The standard InChI is InChI=1S/C15H12ClN3O3/c16-10-3-1-2-9(6-10)8-18-13-5-4-11(19(21)22)7-12(13)14(17)15(18)20/h1-7,14H,8,17H2. The molecule has 0 radical (unpaired) electrons. The maximum Gasteiger partial charge on any atom is 0.269 e. The molecule has 0 saturated heterocycles. The van der Waals surface area contributed by atoms with Crippen LogP contribution in [0.25, 0.3) is 0 Å². The number of non-ortho nitro benzene ring substituents is 1. The minimum absolute atomic E-state index is 0.0772. The number of nitro benzene ring substituents is 1. The van der Waals surface area contributed by atoms with Crippen molar-refractivity contribution in [2.45, 2.75) is 12.6 Å². The molecule has 0 saturated carbocycles. The smallest absolute Gasteiger partial charge is 0.269 e. The first-order valence-electron chi connectivity index (χ1n) is 6.57. The molecular weight excluding hydrogens is 306 g/mol. The fourth-order valence-electron chi connectivity index (χ4n) is 2.55. The summed E-state index contributed by atoms with van der Waals surface area (Å²) in [5.74, 6) is -0.282. The molecule has 0 bridgehead atoms. The van der Waals surface area contributed by atoms with E-state index in [4.69, 9.17) is 17.3 Å². The van der Waals surface area contributed by atoms with Crippen LogP contribution in [0, 0.1) is 10.1 Å². The minimum Gasteiger partial charge on any atom is -0.316 e. The summed E-state index contributed by atoms with van der Waals surface area (Å²) in [6.07, 6.45) is 0. The van der Waals surface area contributed by atoms with E-state index in [0.717, 1.165) is 5.56 Å². The highest BCUT2D eigenvalue weighted by Crippen LogP contribution is 2.37. The summed E-state index contributed by atoms with van der Waals surface area (Å²) in [5.41, 5.74) is 7.75. The van der Waals surface area contributed by atoms with Crippen molar-refractivity contribution in [2.75, 3.05) is 4.90 Å². The minimum atomic E-state index is -0.880. The largest absolute Gasteiger partial charge is 0.316 e. The van der Waals surface area contributed by atoms with Crippen LogP contribution in [-0.2, 0) is 11.3 Å². The lowest BCUT2D eigenvalue weighted by atomic mass is 10.1. The second-order valence-electron chi connectivity index (χ2n) is 5.03. The average Bonchev–Trinajstić information content (AvgIpc) is 2.72. The lowest BCUT2D eigenvalue weighted by molar-refractivity contribution is -0.384. The van der Waals surface area contributed by atoms with Crippen molar-refractivity contribution >= 4 is 28.9 Å². The van der Waals surface area contributed by atoms with Gasteiger partial charge in [0.2, 0.25) is 5.91 Å². The van der Waals surface area contributed by atoms with Crippen LogP contribution in [0.15, 0.2) is 42.5 Å². The molecule has 2 N–H and O–H groups in total. The maximum atomic E-state index is 12.3. The van der Waals surface area contributed by atoms with Gasteiger partial charge in [-0.3, -0.25) is 14.9 Å². The number of nitrogens with zero attached hydrogens (tertiary/aromatic N) is 2. The Morgan fingerprint density at radius 3 is 2.73 bits per heavy atom. The van der Waals surface area contributed by atoms with E-state index < -0.39 is 11.0 Å². The van der Waals surface area contributed by atoms with Crippen molar-refractivity contribution < 1.29 is 9.72 Å². The van der Waals surface area contributed by atoms with Crippen molar-refractivity contribution in [1.82, 2.24) is 0 Å². The molecule has 7 heteroatoms. The SMILES string of the molecule is NC1C(=O)N(Cc2cccc(Cl)c2)c2ccc([N+](=O)[O-])cc21. The first-order valence-corrected chi connectivity index (χ1v) is 6.95. The van der Waals surface area contributed by atoms with E-state index in [0.29, 0.717) is 22.8 Å². The Morgan fingerprint density at radius 2 is 2.05 bits per heavy atom. The first kappa shape index (κ1) is 14.5. The molecule has 0 aromatic heterocycles. The van der Waals surface area contributed by atoms with Gasteiger partial charge in [-0.2, -0.15) is 0 Å². The summed E-state index contributed by atoms with van der Waals surface area (Å²) in [4.78, 5) is 24.2. The predicted octanol–water partition coefficient (Wildman–Crippen LogP) is 2.79. The van der Waals surface area contributed by atoms with E-state index in [1.54, 1.807) is 24.3 Å². The Hall–Kier alpha value is -2.44. The predicted molar refractivity (Wildman–Crippen MR) is 82.7 cm³/mol. The van der Waals surface area contributed by atoms with E-state index in [2.05, 4.69) is 0 Å². The van der Waals surface area contributed by atoms with Crippen molar-refractivity contribution in [2.24, 2.45) is 5.73 Å². The molecule has 22 heavy (non-hydrogen) atoms. The number of hydrogen-bond acceptors (Lipinski definition) is 4. The third-order valence-corrected chi connectivity index (χ3v) is 3.84. The van der Waals surface area contributed by atoms with Crippen LogP contribution < -0.4 is 10.6 Å². The number of rotatable bonds is 3. The van der Waals surface area contributed by atoms with E-state index in [9.17, 15) is 14.9 Å². The van der Waals surface area contributed by atoms with E-state index >= 15 is 0 Å². The van der Waals surface area contributed by atoms with Gasteiger partial charge in [0.1, 0.15) is 6.04 Å². The van der Waals surface area contributed by atoms with Gasteiger partial charge in [0.25, 0.3) is 5.69 Å². The van der Waals surface area contributed by atoms with Crippen molar-refractivity contribution in [3.63, 3.8) is 0 Å². The van der Waals surface area contributed by atoms with Crippen LogP contribution in [-0.4, -0.2) is 10.8 Å². The molecule has 1 unspecified atom stereocenters. The monoisotopic (exact) mass is 317 g/mol. The highest BCUT2D eigenvalue weighted by Gasteiger charge is 2.35. The molecule has 6 nitrogen and oxygen atoms in total. The Bertz CT molecular complexity index is 778. The summed E-state index contributed by atoms with van der Waals surface area (Å²) >= 11 is 5.95. The van der Waals surface area contributed by atoms with Gasteiger partial charge >= 0.3 is 0 Å². The highest BCUT2D eigenvalue weighted by atomic mass is 35.5. The molecule has 1 atom stereocenters. The Morgan fingerprint density at radius 1 is 1.27 bits per heavy atom. The molecule has 2 aromatic carbocycles. The normalized spacial score (nSPS) is 16.7. The first-order chi connectivity index (χ1) is 10.5. The fourth-order valence-corrected chi connectivity index (χ4v) is 2.76. The Kier molecular flexibility index (Phi) is 3.56. The van der Waals surface area contributed by atoms with Gasteiger partial charge < -0.3 is 10.6 Å². The van der Waals surface area contributed by atoms with Gasteiger partial charge in [-0.05, 0) is 23.8 Å². The lowest BCUT2D eigenvalue weighted by Gasteiger charge is -2.17. The summed E-state index contributed by atoms with van der Waals surface area (Å²) in [6.45, 7) is 0.317. The van der Waals surface area contributed by atoms with Gasteiger partial charge in [0.05, 0.1) is 11.5 Å². The van der Waals surface area contributed by atoms with Crippen LogP contribution in [0.5, 0.6) is 0 Å². The zero-order valence-corrected chi connectivity index (χ0v) is 12.2. The molecule has 0 aliphatic carbocycles. The molecule has 2 aromatic rings. The maximum absolute atomic E-state index is 12.3. The molecule has 1 amide bonds. The van der Waals surface area contributed by atoms with Gasteiger partial charge in [0.15, 0.2) is 0 Å². The van der Waals surface area contributed by atoms with Crippen LogP contribution in [0.2, 0.25) is 5.02 Å². The zero-order chi connectivity index (χ0) is 15.9. The molecular formula is C15H12ClN3O3. The molecule has 0 spiro atoms. The van der Waals surface area contributed by atoms with Crippen molar-refractivity contribution in [1.29, 1.82) is 0 Å². The fraction of sp³-hybridized carbons (Fsp3) is 0.133. The number of carbonyl (C=O) groups excluding carboxylic acids is 1. The topological polar surface area (TPSA) is 89.5 Å². The molecule has 1 aliphatic rings. The second-order valence-corrected chi connectivity index (χ2v) is 5.47. The third-order valence-electron chi connectivity index (χ3n) is 3.61. The third kappa shape index (κ3) is 2.43. The van der Waals surface area contributed by atoms with E-state index in [-0.39, 0.29) is 11.6 Å². The van der Waals surface area contributed by atoms with Gasteiger partial charge in [-0.25, -0.2) is 0 Å². The number of nitro groups is 1. The molecule has 112 valence electrons. The number of halogens is 1. The van der Waals surface area contributed by atoms with E-state index in [1.165, 1.54) is 17.0 Å². The van der Waals surface area contributed by atoms with Gasteiger partial charge in [0, 0.05) is 28.4 Å². The second kappa shape index (κ2) is 5.40. The quantitative estimate of drug-likeness (QED) is 0.696. The van der Waals surface area contributed by atoms with Crippen LogP contribution in [0.1, 0.15) is 17.2 Å². The molecule has 1 aliphatic heterocycles. The number of hydrogen-bond donors (Lipinski definition) is 1. The van der Waals surface area contributed by atoms with Crippen LogP contribution in [0.4, 0.5) is 11.4 Å². The lowest BCUT2D eigenvalue weighted by Crippen LogP contribution is -2.31. The highest BCUT2D eigenvalue weighted by molar-refractivity contribution is 6.30. The Labute approximate surface area is 131 Å².